The molecule has 1 aromatic carbocycles. The van der Waals surface area contributed by atoms with Crippen molar-refractivity contribution in [2.24, 2.45) is 5.41 Å². The number of para-hydroxylation sites is 1. The van der Waals surface area contributed by atoms with Gasteiger partial charge in [-0.2, -0.15) is 0 Å². The lowest BCUT2D eigenvalue weighted by atomic mass is 9.84. The number of hydrogen-bond donors (Lipinski definition) is 1. The minimum Gasteiger partial charge on any atom is -0.392 e. The van der Waals surface area contributed by atoms with Crippen LogP contribution in [0.1, 0.15) is 32.3 Å². The third-order valence-corrected chi connectivity index (χ3v) is 4.18. The van der Waals surface area contributed by atoms with E-state index in [4.69, 9.17) is 4.98 Å². The molecule has 20 heavy (non-hydrogen) atoms. The number of nitrogens with zero attached hydrogens (tertiary/aromatic N) is 2. The smallest absolute Gasteiger partial charge is 0.129 e. The summed E-state index contributed by atoms with van der Waals surface area (Å²) < 4.78 is 0. The van der Waals surface area contributed by atoms with Gasteiger partial charge in [-0.25, -0.2) is 4.98 Å². The molecule has 1 N–H and O–H groups in total. The van der Waals surface area contributed by atoms with Gasteiger partial charge in [0.1, 0.15) is 5.82 Å². The topological polar surface area (TPSA) is 36.4 Å². The Morgan fingerprint density at radius 3 is 2.85 bits per heavy atom. The molecule has 0 radical (unpaired) electrons. The third-order valence-electron chi connectivity index (χ3n) is 4.18. The van der Waals surface area contributed by atoms with Crippen LogP contribution in [0.25, 0.3) is 10.9 Å². The number of aliphatic hydroxyl groups excluding tert-OH is 1. The lowest BCUT2D eigenvalue weighted by Gasteiger charge is -2.39. The summed E-state index contributed by atoms with van der Waals surface area (Å²) in [6, 6.07) is 10.1. The lowest BCUT2D eigenvalue weighted by Crippen LogP contribution is -2.40. The normalized spacial score (nSPS) is 18.4. The first kappa shape index (κ1) is 13.4. The molecule has 3 rings (SSSR count). The second kappa shape index (κ2) is 5.06. The molecule has 1 aliphatic rings. The Morgan fingerprint density at radius 2 is 2.10 bits per heavy atom. The highest BCUT2D eigenvalue weighted by Gasteiger charge is 2.27. The summed E-state index contributed by atoms with van der Waals surface area (Å²) >= 11 is 0. The van der Waals surface area contributed by atoms with Gasteiger partial charge in [0.15, 0.2) is 0 Å². The molecule has 2 heterocycles. The average Bonchev–Trinajstić information content (AvgIpc) is 2.45. The molecule has 0 atom stereocenters. The van der Waals surface area contributed by atoms with Crippen LogP contribution >= 0.6 is 0 Å². The largest absolute Gasteiger partial charge is 0.392 e. The fourth-order valence-electron chi connectivity index (χ4n) is 3.14. The van der Waals surface area contributed by atoms with E-state index < -0.39 is 0 Å². The maximum atomic E-state index is 9.61. The van der Waals surface area contributed by atoms with E-state index >= 15 is 0 Å². The van der Waals surface area contributed by atoms with Crippen molar-refractivity contribution in [1.29, 1.82) is 0 Å². The summed E-state index contributed by atoms with van der Waals surface area (Å²) in [4.78, 5) is 7.14. The fourth-order valence-corrected chi connectivity index (χ4v) is 3.14. The predicted molar refractivity (Wildman–Crippen MR) is 82.9 cm³/mol. The first-order chi connectivity index (χ1) is 9.59. The van der Waals surface area contributed by atoms with Gasteiger partial charge >= 0.3 is 0 Å². The van der Waals surface area contributed by atoms with Gasteiger partial charge < -0.3 is 10.0 Å². The predicted octanol–water partition coefficient (Wildman–Crippen LogP) is 3.35. The average molecular weight is 270 g/mol. The van der Waals surface area contributed by atoms with Crippen molar-refractivity contribution in [2.75, 3.05) is 18.0 Å². The molecule has 1 aliphatic heterocycles. The highest BCUT2D eigenvalue weighted by atomic mass is 16.3. The summed E-state index contributed by atoms with van der Waals surface area (Å²) in [5.74, 6) is 1.00. The molecule has 106 valence electrons. The van der Waals surface area contributed by atoms with Crippen LogP contribution in [0.2, 0.25) is 0 Å². The van der Waals surface area contributed by atoms with Crippen molar-refractivity contribution in [3.63, 3.8) is 0 Å². The molecule has 0 amide bonds. The number of hydrogen-bond acceptors (Lipinski definition) is 3. The molecular formula is C17H22N2O. The molecule has 3 heteroatoms. The summed E-state index contributed by atoms with van der Waals surface area (Å²) in [7, 11) is 0. The quantitative estimate of drug-likeness (QED) is 0.909. The second-order valence-corrected chi connectivity index (χ2v) is 6.50. The minimum atomic E-state index is 0.0628. The molecular weight excluding hydrogens is 248 g/mol. The lowest BCUT2D eigenvalue weighted by molar-refractivity contribution is 0.282. The van der Waals surface area contributed by atoms with E-state index in [1.165, 1.54) is 12.8 Å². The van der Waals surface area contributed by atoms with Gasteiger partial charge in [-0.05, 0) is 36.0 Å². The van der Waals surface area contributed by atoms with E-state index in [9.17, 15) is 5.11 Å². The van der Waals surface area contributed by atoms with Gasteiger partial charge in [0, 0.05) is 18.5 Å². The minimum absolute atomic E-state index is 0.0628. The van der Waals surface area contributed by atoms with E-state index in [2.05, 4.69) is 18.7 Å². The highest BCUT2D eigenvalue weighted by Crippen LogP contribution is 2.32. The fraction of sp³-hybridized carbons (Fsp3) is 0.471. The van der Waals surface area contributed by atoms with Crippen molar-refractivity contribution >= 4 is 16.7 Å². The first-order valence-corrected chi connectivity index (χ1v) is 7.33. The Labute approximate surface area is 120 Å². The molecule has 2 aromatic rings. The van der Waals surface area contributed by atoms with Gasteiger partial charge in [0.25, 0.3) is 0 Å². The summed E-state index contributed by atoms with van der Waals surface area (Å²) in [6.45, 7) is 6.77. The van der Waals surface area contributed by atoms with Crippen LogP contribution in [-0.4, -0.2) is 23.2 Å². The zero-order chi connectivity index (χ0) is 14.2. The SMILES string of the molecule is CC1(C)CCCN(c2cc(CO)c3ccccc3n2)C1. The number of anilines is 1. The number of piperidine rings is 1. The van der Waals surface area contributed by atoms with Crippen LogP contribution in [0.5, 0.6) is 0 Å². The molecule has 1 aromatic heterocycles. The van der Waals surface area contributed by atoms with Crippen molar-refractivity contribution in [3.8, 4) is 0 Å². The molecule has 1 saturated heterocycles. The van der Waals surface area contributed by atoms with Crippen molar-refractivity contribution in [2.45, 2.75) is 33.3 Å². The molecule has 1 fully saturated rings. The molecule has 0 aliphatic carbocycles. The van der Waals surface area contributed by atoms with Crippen LogP contribution in [0.3, 0.4) is 0 Å². The summed E-state index contributed by atoms with van der Waals surface area (Å²) in [5, 5.41) is 10.7. The second-order valence-electron chi connectivity index (χ2n) is 6.50. The zero-order valence-electron chi connectivity index (χ0n) is 12.3. The Balaban J connectivity index is 2.03. The molecule has 0 spiro atoms. The van der Waals surface area contributed by atoms with E-state index in [1.54, 1.807) is 0 Å². The third kappa shape index (κ3) is 2.50. The van der Waals surface area contributed by atoms with Gasteiger partial charge in [-0.3, -0.25) is 0 Å². The van der Waals surface area contributed by atoms with Crippen molar-refractivity contribution in [3.05, 3.63) is 35.9 Å². The van der Waals surface area contributed by atoms with Crippen molar-refractivity contribution < 1.29 is 5.11 Å². The van der Waals surface area contributed by atoms with Gasteiger partial charge in [0.2, 0.25) is 0 Å². The highest BCUT2D eigenvalue weighted by molar-refractivity contribution is 5.84. The summed E-state index contributed by atoms with van der Waals surface area (Å²) in [5.41, 5.74) is 2.27. The Bertz CT molecular complexity index is 621. The van der Waals surface area contributed by atoms with Gasteiger partial charge in [-0.1, -0.05) is 32.0 Å². The number of aliphatic hydroxyl groups is 1. The van der Waals surface area contributed by atoms with Crippen LogP contribution < -0.4 is 4.90 Å². The van der Waals surface area contributed by atoms with E-state index in [0.29, 0.717) is 5.41 Å². The molecule has 0 bridgehead atoms. The standard InChI is InChI=1S/C17H22N2O/c1-17(2)8-5-9-19(12-17)16-10-13(11-20)14-6-3-4-7-15(14)18-16/h3-4,6-7,10,20H,5,8-9,11-12H2,1-2H3. The number of rotatable bonds is 2. The Kier molecular flexibility index (Phi) is 3.38. The number of pyridine rings is 1. The van der Waals surface area contributed by atoms with Crippen LogP contribution in [0, 0.1) is 5.41 Å². The maximum absolute atomic E-state index is 9.61. The summed E-state index contributed by atoms with van der Waals surface area (Å²) in [6.07, 6.45) is 2.47. The monoisotopic (exact) mass is 270 g/mol. The first-order valence-electron chi connectivity index (χ1n) is 7.33. The van der Waals surface area contributed by atoms with Crippen LogP contribution in [-0.2, 0) is 6.61 Å². The Morgan fingerprint density at radius 1 is 1.30 bits per heavy atom. The van der Waals surface area contributed by atoms with Crippen LogP contribution in [0.4, 0.5) is 5.82 Å². The molecule has 0 unspecified atom stereocenters. The van der Waals surface area contributed by atoms with Gasteiger partial charge in [0.05, 0.1) is 12.1 Å². The molecule has 0 saturated carbocycles. The Hall–Kier alpha value is -1.61. The van der Waals surface area contributed by atoms with Crippen molar-refractivity contribution in [1.82, 2.24) is 4.98 Å². The van der Waals surface area contributed by atoms with E-state index in [-0.39, 0.29) is 6.61 Å². The van der Waals surface area contributed by atoms with Crippen LogP contribution in [0.15, 0.2) is 30.3 Å². The zero-order valence-corrected chi connectivity index (χ0v) is 12.3. The number of fused-ring (bicyclic) bond motifs is 1. The van der Waals surface area contributed by atoms with E-state index in [1.807, 2.05) is 30.3 Å². The number of aromatic nitrogens is 1. The van der Waals surface area contributed by atoms with E-state index in [0.717, 1.165) is 35.4 Å². The van der Waals surface area contributed by atoms with Gasteiger partial charge in [-0.15, -0.1) is 0 Å². The molecule has 3 nitrogen and oxygen atoms in total. The number of benzene rings is 1. The maximum Gasteiger partial charge on any atom is 0.129 e.